The van der Waals surface area contributed by atoms with Crippen molar-refractivity contribution >= 4 is 11.3 Å². The van der Waals surface area contributed by atoms with E-state index >= 15 is 0 Å². The number of methoxy groups -OCH3 is 2. The van der Waals surface area contributed by atoms with Gasteiger partial charge in [0, 0.05) is 11.9 Å². The number of ether oxygens (including phenoxy) is 2. The predicted molar refractivity (Wildman–Crippen MR) is 87.3 cm³/mol. The van der Waals surface area contributed by atoms with E-state index in [0.717, 1.165) is 47.4 Å². The summed E-state index contributed by atoms with van der Waals surface area (Å²) in [6.45, 7) is 7.29. The second-order valence-electron chi connectivity index (χ2n) is 4.65. The minimum Gasteiger partial charge on any atom is -0.493 e. The van der Waals surface area contributed by atoms with E-state index in [2.05, 4.69) is 24.1 Å². The molecule has 2 aromatic rings. The number of rotatable bonds is 7. The van der Waals surface area contributed by atoms with Crippen LogP contribution >= 0.6 is 11.3 Å². The van der Waals surface area contributed by atoms with Gasteiger partial charge in [0.2, 0.25) is 0 Å². The number of nitrogens with zero attached hydrogens (tertiary/aromatic N) is 2. The molecule has 0 aliphatic carbocycles. The summed E-state index contributed by atoms with van der Waals surface area (Å²) in [5.41, 5.74) is 2.08. The van der Waals surface area contributed by atoms with Gasteiger partial charge in [-0.1, -0.05) is 19.9 Å². The Bertz CT molecular complexity index is 579. The topological polar surface area (TPSA) is 34.6 Å². The monoisotopic (exact) mass is 306 g/mol. The Morgan fingerprint density at radius 2 is 1.90 bits per heavy atom. The first-order chi connectivity index (χ1) is 10.2. The molecule has 21 heavy (non-hydrogen) atoms. The molecule has 4 nitrogen and oxygen atoms in total. The van der Waals surface area contributed by atoms with Crippen LogP contribution in [0.2, 0.25) is 0 Å². The summed E-state index contributed by atoms with van der Waals surface area (Å²) in [6, 6.07) is 5.87. The minimum absolute atomic E-state index is 0.732. The summed E-state index contributed by atoms with van der Waals surface area (Å²) in [7, 11) is 3.31. The SMILES string of the molecule is CCN(CC)Cc1csc(-c2cccc(OC)c2OC)n1. The van der Waals surface area contributed by atoms with Crippen LogP contribution in [0.5, 0.6) is 11.5 Å². The Kier molecular flexibility index (Phi) is 5.59. The quantitative estimate of drug-likeness (QED) is 0.782. The summed E-state index contributed by atoms with van der Waals surface area (Å²) in [5, 5.41) is 3.08. The van der Waals surface area contributed by atoms with Gasteiger partial charge in [0.05, 0.1) is 25.5 Å². The molecule has 2 rings (SSSR count). The number of thiazole rings is 1. The fourth-order valence-electron chi connectivity index (χ4n) is 2.24. The van der Waals surface area contributed by atoms with Crippen molar-refractivity contribution in [2.75, 3.05) is 27.3 Å². The van der Waals surface area contributed by atoms with Crippen molar-refractivity contribution in [1.29, 1.82) is 0 Å². The van der Waals surface area contributed by atoms with Gasteiger partial charge in [-0.3, -0.25) is 4.90 Å². The number of hydrogen-bond donors (Lipinski definition) is 0. The second-order valence-corrected chi connectivity index (χ2v) is 5.50. The van der Waals surface area contributed by atoms with Gasteiger partial charge < -0.3 is 9.47 Å². The number of hydrogen-bond acceptors (Lipinski definition) is 5. The molecular formula is C16H22N2O2S. The maximum absolute atomic E-state index is 5.49. The van der Waals surface area contributed by atoms with E-state index in [1.807, 2.05) is 18.2 Å². The Morgan fingerprint density at radius 1 is 1.14 bits per heavy atom. The highest BCUT2D eigenvalue weighted by molar-refractivity contribution is 7.13. The predicted octanol–water partition coefficient (Wildman–Crippen LogP) is 3.67. The van der Waals surface area contributed by atoms with Gasteiger partial charge in [-0.15, -0.1) is 11.3 Å². The largest absolute Gasteiger partial charge is 0.493 e. The summed E-state index contributed by atoms with van der Waals surface area (Å²) in [4.78, 5) is 7.09. The maximum Gasteiger partial charge on any atom is 0.170 e. The molecule has 0 N–H and O–H groups in total. The number of para-hydroxylation sites is 1. The summed E-state index contributed by atoms with van der Waals surface area (Å²) in [5.74, 6) is 1.47. The standard InChI is InChI=1S/C16H22N2O2S/c1-5-18(6-2)10-12-11-21-16(17-12)13-8-7-9-14(19-3)15(13)20-4/h7-9,11H,5-6,10H2,1-4H3. The number of benzene rings is 1. The lowest BCUT2D eigenvalue weighted by molar-refractivity contribution is 0.293. The second kappa shape index (κ2) is 7.43. The zero-order valence-corrected chi connectivity index (χ0v) is 13.9. The molecule has 0 amide bonds. The van der Waals surface area contributed by atoms with E-state index in [1.165, 1.54) is 0 Å². The molecule has 0 bridgehead atoms. The maximum atomic E-state index is 5.49. The van der Waals surface area contributed by atoms with Crippen molar-refractivity contribution < 1.29 is 9.47 Å². The molecule has 5 heteroatoms. The van der Waals surface area contributed by atoms with E-state index < -0.39 is 0 Å². The van der Waals surface area contributed by atoms with Crippen molar-refractivity contribution in [3.63, 3.8) is 0 Å². The molecule has 0 aliphatic heterocycles. The third-order valence-corrected chi connectivity index (χ3v) is 4.39. The Morgan fingerprint density at radius 3 is 2.52 bits per heavy atom. The smallest absolute Gasteiger partial charge is 0.170 e. The van der Waals surface area contributed by atoms with Gasteiger partial charge in [-0.2, -0.15) is 0 Å². The Hall–Kier alpha value is -1.59. The van der Waals surface area contributed by atoms with E-state index in [-0.39, 0.29) is 0 Å². The molecule has 0 fully saturated rings. The lowest BCUT2D eigenvalue weighted by Gasteiger charge is -2.16. The van der Waals surface area contributed by atoms with Gasteiger partial charge in [-0.25, -0.2) is 4.98 Å². The zero-order valence-electron chi connectivity index (χ0n) is 13.0. The third kappa shape index (κ3) is 3.54. The van der Waals surface area contributed by atoms with Crippen molar-refractivity contribution in [3.05, 3.63) is 29.3 Å². The van der Waals surface area contributed by atoms with Crippen LogP contribution in [-0.4, -0.2) is 37.2 Å². The fourth-order valence-corrected chi connectivity index (χ4v) is 3.07. The van der Waals surface area contributed by atoms with Crippen LogP contribution in [0.15, 0.2) is 23.6 Å². The minimum atomic E-state index is 0.732. The normalized spacial score (nSPS) is 10.9. The van der Waals surface area contributed by atoms with Crippen molar-refractivity contribution in [2.45, 2.75) is 20.4 Å². The van der Waals surface area contributed by atoms with Crippen molar-refractivity contribution in [1.82, 2.24) is 9.88 Å². The molecule has 0 saturated carbocycles. The first kappa shape index (κ1) is 15.8. The molecule has 0 unspecified atom stereocenters. The average molecular weight is 306 g/mol. The van der Waals surface area contributed by atoms with Gasteiger partial charge in [0.25, 0.3) is 0 Å². The van der Waals surface area contributed by atoms with Crippen molar-refractivity contribution in [2.24, 2.45) is 0 Å². The summed E-state index contributed by atoms with van der Waals surface area (Å²) >= 11 is 1.64. The van der Waals surface area contributed by atoms with Gasteiger partial charge >= 0.3 is 0 Å². The molecule has 0 spiro atoms. The number of aromatic nitrogens is 1. The molecule has 1 heterocycles. The van der Waals surface area contributed by atoms with Crippen LogP contribution in [-0.2, 0) is 6.54 Å². The molecule has 0 saturated heterocycles. The van der Waals surface area contributed by atoms with Gasteiger partial charge in [-0.05, 0) is 25.2 Å². The van der Waals surface area contributed by atoms with Crippen LogP contribution in [0.4, 0.5) is 0 Å². The Labute approximate surface area is 130 Å². The van der Waals surface area contributed by atoms with E-state index in [4.69, 9.17) is 14.5 Å². The molecular weight excluding hydrogens is 284 g/mol. The highest BCUT2D eigenvalue weighted by Gasteiger charge is 2.15. The van der Waals surface area contributed by atoms with Gasteiger partial charge in [0.1, 0.15) is 5.01 Å². The fraction of sp³-hybridized carbons (Fsp3) is 0.438. The molecule has 0 aliphatic rings. The molecule has 1 aromatic carbocycles. The average Bonchev–Trinajstić information content (AvgIpc) is 2.99. The lowest BCUT2D eigenvalue weighted by atomic mass is 10.2. The van der Waals surface area contributed by atoms with Crippen LogP contribution in [0.25, 0.3) is 10.6 Å². The molecule has 0 atom stereocenters. The van der Waals surface area contributed by atoms with E-state index in [1.54, 1.807) is 25.6 Å². The Balaban J connectivity index is 2.29. The molecule has 0 radical (unpaired) electrons. The summed E-state index contributed by atoms with van der Waals surface area (Å²) in [6.07, 6.45) is 0. The highest BCUT2D eigenvalue weighted by atomic mass is 32.1. The van der Waals surface area contributed by atoms with Gasteiger partial charge in [0.15, 0.2) is 11.5 Å². The first-order valence-corrected chi connectivity index (χ1v) is 7.99. The molecule has 1 aromatic heterocycles. The van der Waals surface area contributed by atoms with Crippen LogP contribution in [0, 0.1) is 0 Å². The van der Waals surface area contributed by atoms with Crippen LogP contribution in [0.3, 0.4) is 0 Å². The molecule has 114 valence electrons. The zero-order chi connectivity index (χ0) is 15.2. The van der Waals surface area contributed by atoms with Crippen molar-refractivity contribution in [3.8, 4) is 22.1 Å². The van der Waals surface area contributed by atoms with E-state index in [0.29, 0.717) is 0 Å². The summed E-state index contributed by atoms with van der Waals surface area (Å²) < 4.78 is 10.8. The highest BCUT2D eigenvalue weighted by Crippen LogP contribution is 2.38. The van der Waals surface area contributed by atoms with E-state index in [9.17, 15) is 0 Å². The lowest BCUT2D eigenvalue weighted by Crippen LogP contribution is -2.22. The van der Waals surface area contributed by atoms with Crippen LogP contribution in [0.1, 0.15) is 19.5 Å². The third-order valence-electron chi connectivity index (χ3n) is 3.47. The van der Waals surface area contributed by atoms with Crippen LogP contribution < -0.4 is 9.47 Å². The first-order valence-electron chi connectivity index (χ1n) is 7.11.